The van der Waals surface area contributed by atoms with E-state index in [4.69, 9.17) is 4.74 Å². The first kappa shape index (κ1) is 15.0. The second-order valence-electron chi connectivity index (χ2n) is 3.61. The van der Waals surface area contributed by atoms with Crippen molar-refractivity contribution in [2.45, 2.75) is 13.3 Å². The first-order valence-electron chi connectivity index (χ1n) is 5.47. The SMILES string of the molecule is CCCOCC(=O)Nc1c([N+](=O)[O-])ccc(F)c1F. The lowest BCUT2D eigenvalue weighted by molar-refractivity contribution is -0.384. The predicted molar refractivity (Wildman–Crippen MR) is 62.8 cm³/mol. The van der Waals surface area contributed by atoms with E-state index in [1.165, 1.54) is 0 Å². The van der Waals surface area contributed by atoms with E-state index in [1.807, 2.05) is 12.2 Å². The summed E-state index contributed by atoms with van der Waals surface area (Å²) in [6.45, 7) is 1.76. The van der Waals surface area contributed by atoms with Crippen LogP contribution < -0.4 is 5.32 Å². The zero-order valence-electron chi connectivity index (χ0n) is 10.1. The van der Waals surface area contributed by atoms with Gasteiger partial charge in [0, 0.05) is 12.7 Å². The molecule has 1 aromatic rings. The summed E-state index contributed by atoms with van der Waals surface area (Å²) >= 11 is 0. The number of hydrogen-bond acceptors (Lipinski definition) is 4. The van der Waals surface area contributed by atoms with Crippen LogP contribution in [0.25, 0.3) is 0 Å². The van der Waals surface area contributed by atoms with Gasteiger partial charge in [-0.2, -0.15) is 0 Å². The number of amides is 1. The quantitative estimate of drug-likeness (QED) is 0.490. The van der Waals surface area contributed by atoms with E-state index in [0.717, 1.165) is 6.07 Å². The molecule has 0 heterocycles. The molecular formula is C11H12F2N2O4. The third kappa shape index (κ3) is 3.95. The van der Waals surface area contributed by atoms with Crippen molar-refractivity contribution in [3.63, 3.8) is 0 Å². The van der Waals surface area contributed by atoms with Crippen molar-refractivity contribution in [3.05, 3.63) is 33.9 Å². The molecule has 1 aromatic carbocycles. The van der Waals surface area contributed by atoms with E-state index in [1.54, 1.807) is 0 Å². The molecule has 0 aromatic heterocycles. The van der Waals surface area contributed by atoms with Crippen LogP contribution in [0.15, 0.2) is 12.1 Å². The number of nitrogens with zero attached hydrogens (tertiary/aromatic N) is 1. The summed E-state index contributed by atoms with van der Waals surface area (Å²) in [5, 5.41) is 12.6. The number of benzene rings is 1. The lowest BCUT2D eigenvalue weighted by Gasteiger charge is -2.07. The van der Waals surface area contributed by atoms with Crippen LogP contribution in [-0.2, 0) is 9.53 Å². The van der Waals surface area contributed by atoms with Gasteiger partial charge in [0.15, 0.2) is 17.3 Å². The predicted octanol–water partition coefficient (Wildman–Crippen LogP) is 2.24. The number of carbonyl (C=O) groups excluding carboxylic acids is 1. The molecule has 0 aliphatic rings. The molecule has 1 rings (SSSR count). The summed E-state index contributed by atoms with van der Waals surface area (Å²) < 4.78 is 31.3. The molecule has 0 aliphatic heterocycles. The standard InChI is InChI=1S/C11H12F2N2O4/c1-2-5-19-6-9(16)14-11-8(15(17)18)4-3-7(12)10(11)13/h3-4H,2,5-6H2,1H3,(H,14,16). The van der Waals surface area contributed by atoms with E-state index in [9.17, 15) is 23.7 Å². The van der Waals surface area contributed by atoms with Crippen molar-refractivity contribution in [1.82, 2.24) is 0 Å². The molecule has 0 atom stereocenters. The fraction of sp³-hybridized carbons (Fsp3) is 0.364. The van der Waals surface area contributed by atoms with Gasteiger partial charge in [-0.25, -0.2) is 8.78 Å². The highest BCUT2D eigenvalue weighted by molar-refractivity contribution is 5.94. The summed E-state index contributed by atoms with van der Waals surface area (Å²) in [5.41, 5.74) is -1.52. The summed E-state index contributed by atoms with van der Waals surface area (Å²) in [6, 6.07) is 1.40. The van der Waals surface area contributed by atoms with Gasteiger partial charge < -0.3 is 10.1 Å². The molecule has 0 saturated heterocycles. The molecule has 0 aliphatic carbocycles. The molecule has 0 spiro atoms. The first-order valence-corrected chi connectivity index (χ1v) is 5.47. The van der Waals surface area contributed by atoms with E-state index in [0.29, 0.717) is 19.1 Å². The Hall–Kier alpha value is -2.09. The van der Waals surface area contributed by atoms with Gasteiger partial charge in [-0.3, -0.25) is 14.9 Å². The third-order valence-corrected chi connectivity index (χ3v) is 2.12. The van der Waals surface area contributed by atoms with Crippen LogP contribution in [0.4, 0.5) is 20.2 Å². The summed E-state index contributed by atoms with van der Waals surface area (Å²) in [7, 11) is 0. The van der Waals surface area contributed by atoms with Gasteiger partial charge in [-0.05, 0) is 12.5 Å². The third-order valence-electron chi connectivity index (χ3n) is 2.12. The van der Waals surface area contributed by atoms with Crippen molar-refractivity contribution in [3.8, 4) is 0 Å². The van der Waals surface area contributed by atoms with E-state index in [2.05, 4.69) is 0 Å². The second-order valence-corrected chi connectivity index (χ2v) is 3.61. The minimum atomic E-state index is -1.47. The number of carbonyl (C=O) groups is 1. The molecule has 1 N–H and O–H groups in total. The Labute approximate surface area is 107 Å². The fourth-order valence-electron chi connectivity index (χ4n) is 1.30. The van der Waals surface area contributed by atoms with Crippen molar-refractivity contribution >= 4 is 17.3 Å². The average Bonchev–Trinajstić information content (AvgIpc) is 2.35. The number of halogens is 2. The molecule has 0 fully saturated rings. The highest BCUT2D eigenvalue weighted by atomic mass is 19.2. The summed E-state index contributed by atoms with van der Waals surface area (Å²) in [6.07, 6.45) is 0.682. The minimum Gasteiger partial charge on any atom is -0.372 e. The molecule has 0 radical (unpaired) electrons. The Balaban J connectivity index is 2.89. The molecule has 0 saturated carbocycles. The Morgan fingerprint density at radius 2 is 2.16 bits per heavy atom. The van der Waals surface area contributed by atoms with Gasteiger partial charge in [0.25, 0.3) is 11.6 Å². The molecule has 8 heteroatoms. The highest BCUT2D eigenvalue weighted by Gasteiger charge is 2.23. The molecule has 0 bridgehead atoms. The zero-order chi connectivity index (χ0) is 14.4. The van der Waals surface area contributed by atoms with Gasteiger partial charge in [-0.1, -0.05) is 6.92 Å². The topological polar surface area (TPSA) is 81.5 Å². The number of nitro groups is 1. The monoisotopic (exact) mass is 274 g/mol. The lowest BCUT2D eigenvalue weighted by atomic mass is 10.2. The number of hydrogen-bond donors (Lipinski definition) is 1. The highest BCUT2D eigenvalue weighted by Crippen LogP contribution is 2.28. The van der Waals surface area contributed by atoms with Crippen LogP contribution in [0.3, 0.4) is 0 Å². The number of anilines is 1. The Morgan fingerprint density at radius 3 is 2.74 bits per heavy atom. The minimum absolute atomic E-state index is 0.321. The van der Waals surface area contributed by atoms with E-state index in [-0.39, 0.29) is 6.61 Å². The van der Waals surface area contributed by atoms with Crippen LogP contribution in [0.2, 0.25) is 0 Å². The summed E-state index contributed by atoms with van der Waals surface area (Å²) in [4.78, 5) is 21.1. The Bertz CT molecular complexity index is 494. The maximum atomic E-state index is 13.4. The van der Waals surface area contributed by atoms with Crippen molar-refractivity contribution in [2.75, 3.05) is 18.5 Å². The smallest absolute Gasteiger partial charge is 0.296 e. The largest absolute Gasteiger partial charge is 0.372 e. The Kier molecular flexibility index (Phi) is 5.31. The fourth-order valence-corrected chi connectivity index (χ4v) is 1.30. The van der Waals surface area contributed by atoms with E-state index < -0.39 is 33.8 Å². The van der Waals surface area contributed by atoms with E-state index >= 15 is 0 Å². The number of ether oxygens (including phenoxy) is 1. The van der Waals surface area contributed by atoms with Crippen LogP contribution in [-0.4, -0.2) is 24.0 Å². The maximum absolute atomic E-state index is 13.4. The van der Waals surface area contributed by atoms with Crippen molar-refractivity contribution in [1.29, 1.82) is 0 Å². The van der Waals surface area contributed by atoms with Crippen LogP contribution in [0, 0.1) is 21.7 Å². The van der Waals surface area contributed by atoms with Crippen LogP contribution >= 0.6 is 0 Å². The van der Waals surface area contributed by atoms with Crippen molar-refractivity contribution in [2.24, 2.45) is 0 Å². The lowest BCUT2D eigenvalue weighted by Crippen LogP contribution is -2.20. The van der Waals surface area contributed by atoms with Crippen molar-refractivity contribution < 1.29 is 23.2 Å². The average molecular weight is 274 g/mol. The number of nitrogens with one attached hydrogen (secondary N) is 1. The molecule has 0 unspecified atom stereocenters. The normalized spacial score (nSPS) is 10.3. The van der Waals surface area contributed by atoms with Gasteiger partial charge in [0.05, 0.1) is 4.92 Å². The summed E-state index contributed by atoms with van der Waals surface area (Å²) in [5.74, 6) is -3.55. The second kappa shape index (κ2) is 6.74. The Morgan fingerprint density at radius 1 is 1.47 bits per heavy atom. The maximum Gasteiger partial charge on any atom is 0.296 e. The van der Waals surface area contributed by atoms with Gasteiger partial charge in [0.1, 0.15) is 6.61 Å². The van der Waals surface area contributed by atoms with Crippen LogP contribution in [0.1, 0.15) is 13.3 Å². The molecule has 19 heavy (non-hydrogen) atoms. The molecule has 1 amide bonds. The van der Waals surface area contributed by atoms with Gasteiger partial charge in [0.2, 0.25) is 0 Å². The van der Waals surface area contributed by atoms with Gasteiger partial charge >= 0.3 is 0 Å². The number of nitro benzene ring substituents is 1. The molecular weight excluding hydrogens is 262 g/mol. The first-order chi connectivity index (χ1) is 8.97. The molecule has 104 valence electrons. The number of rotatable bonds is 6. The van der Waals surface area contributed by atoms with Gasteiger partial charge in [-0.15, -0.1) is 0 Å². The zero-order valence-corrected chi connectivity index (χ0v) is 10.1. The molecule has 6 nitrogen and oxygen atoms in total. The van der Waals surface area contributed by atoms with Crippen LogP contribution in [0.5, 0.6) is 0 Å².